The molecule has 0 aliphatic carbocycles. The Morgan fingerprint density at radius 2 is 0.695 bits per heavy atom. The quantitative estimate of drug-likeness (QED) is 0.148. The molecule has 2 atom stereocenters. The first-order valence-corrected chi connectivity index (χ1v) is 32.3. The molecule has 2 aliphatic heterocycles. The van der Waals surface area contributed by atoms with E-state index in [0.29, 0.717) is 11.7 Å². The first-order valence-electron chi connectivity index (χ1n) is 32.3. The van der Waals surface area contributed by atoms with Gasteiger partial charge in [-0.3, -0.25) is 4.57 Å². The normalized spacial score (nSPS) is 15.1. The summed E-state index contributed by atoms with van der Waals surface area (Å²) in [5.41, 5.74) is 19.2. The number of nitrogens with zero attached hydrogens (tertiary/aromatic N) is 9. The Kier molecular flexibility index (Phi) is 12.4. The lowest BCUT2D eigenvalue weighted by Crippen LogP contribution is -2.38. The van der Waals surface area contributed by atoms with E-state index in [9.17, 15) is 0 Å². The fourth-order valence-electron chi connectivity index (χ4n) is 15.0. The highest BCUT2D eigenvalue weighted by Crippen LogP contribution is 2.49. The van der Waals surface area contributed by atoms with Gasteiger partial charge in [-0.1, -0.05) is 261 Å². The fourth-order valence-corrected chi connectivity index (χ4v) is 15.0. The van der Waals surface area contributed by atoms with Crippen molar-refractivity contribution in [3.8, 4) is 28.2 Å². The molecule has 10 nitrogen and oxygen atoms in total. The molecule has 0 saturated carbocycles. The van der Waals surface area contributed by atoms with Crippen LogP contribution >= 0.6 is 0 Å². The molecule has 0 amide bonds. The first-order chi connectivity index (χ1) is 47.1. The average molecular weight is 1220 g/mol. The molecule has 4 aromatic heterocycles. The second-order valence-electron chi connectivity index (χ2n) is 24.6. The number of nitrogens with one attached hydrogen (secondary N) is 1. The summed E-state index contributed by atoms with van der Waals surface area (Å²) in [7, 11) is 2.13. The summed E-state index contributed by atoms with van der Waals surface area (Å²) in [5, 5.41) is 12.9. The number of aliphatic imine (C=N–C) groups is 4. The van der Waals surface area contributed by atoms with Crippen LogP contribution in [-0.4, -0.2) is 53.6 Å². The molecule has 0 bridgehead atoms. The maximum atomic E-state index is 5.69. The zero-order chi connectivity index (χ0) is 62.7. The fraction of sp³-hybridized carbons (Fsp3) is 0.0353. The molecule has 10 heteroatoms. The van der Waals surface area contributed by atoms with Crippen LogP contribution in [0.3, 0.4) is 0 Å². The molecular weight excluding hydrogens is 1160 g/mol. The number of aromatic nitrogens is 4. The van der Waals surface area contributed by atoms with Crippen molar-refractivity contribution in [3.63, 3.8) is 0 Å². The summed E-state index contributed by atoms with van der Waals surface area (Å²) in [6.45, 7) is 0. The molecule has 95 heavy (non-hydrogen) atoms. The zero-order valence-corrected chi connectivity index (χ0v) is 51.7. The highest BCUT2D eigenvalue weighted by molar-refractivity contribution is 6.31. The second kappa shape index (κ2) is 21.8. The van der Waals surface area contributed by atoms with Crippen LogP contribution in [-0.2, 0) is 0 Å². The molecule has 1 N–H and O–H groups in total. The Morgan fingerprint density at radius 1 is 0.295 bits per heavy atom. The third-order valence-electron chi connectivity index (χ3n) is 19.2. The van der Waals surface area contributed by atoms with E-state index in [-0.39, 0.29) is 6.17 Å². The van der Waals surface area contributed by atoms with E-state index in [0.717, 1.165) is 144 Å². The van der Waals surface area contributed by atoms with Crippen LogP contribution in [0.2, 0.25) is 0 Å². The van der Waals surface area contributed by atoms with Crippen LogP contribution < -0.4 is 5.32 Å². The number of fused-ring (bicyclic) bond motifs is 15. The number of hydrogen-bond donors (Lipinski definition) is 1. The minimum absolute atomic E-state index is 0.311. The van der Waals surface area contributed by atoms with E-state index in [1.807, 2.05) is 30.3 Å². The summed E-state index contributed by atoms with van der Waals surface area (Å²) < 4.78 is 10.1. The van der Waals surface area contributed by atoms with Gasteiger partial charge in [0.25, 0.3) is 0 Å². The van der Waals surface area contributed by atoms with Crippen molar-refractivity contribution in [2.75, 3.05) is 7.05 Å². The Hall–Kier alpha value is -12.7. The molecule has 6 heterocycles. The zero-order valence-electron chi connectivity index (χ0n) is 51.7. The van der Waals surface area contributed by atoms with E-state index in [4.69, 9.17) is 20.0 Å². The number of hydrogen-bond acceptors (Lipinski definition) is 6. The molecule has 17 aromatic rings. The van der Waals surface area contributed by atoms with Crippen LogP contribution in [0.1, 0.15) is 40.3 Å². The largest absolute Gasteiger partial charge is 0.344 e. The van der Waals surface area contributed by atoms with Gasteiger partial charge < -0.3 is 23.9 Å². The Balaban J connectivity index is 0.865. The SMILES string of the molecule is CN1C(c2ccccc2)=NC(c2ccccc2)=NC1n1c2ccccc2c2ccc3c4ccc5c6ccc7c8ccccc8n(-c8cccc(-c9cccc(C%10=NC(c%11ccccc%11)=NC(c%11ccccc%11)N%10)c9)c8)c7c6n(-c6ccccc6)c5c4n(-c4ccccc4)c3c21. The Bertz CT molecular complexity index is 6060. The monoisotopic (exact) mass is 1220 g/mol. The lowest BCUT2D eigenvalue weighted by Gasteiger charge is -2.34. The molecule has 448 valence electrons. The summed E-state index contributed by atoms with van der Waals surface area (Å²) >= 11 is 0. The van der Waals surface area contributed by atoms with Crippen molar-refractivity contribution >= 4 is 111 Å². The molecule has 2 unspecified atom stereocenters. The molecule has 13 aromatic carbocycles. The van der Waals surface area contributed by atoms with Crippen LogP contribution in [0.25, 0.3) is 115 Å². The van der Waals surface area contributed by atoms with E-state index in [1.165, 1.54) is 10.8 Å². The Labute approximate surface area is 546 Å². The van der Waals surface area contributed by atoms with Gasteiger partial charge >= 0.3 is 0 Å². The molecular formula is C85H58N10. The predicted octanol–water partition coefficient (Wildman–Crippen LogP) is 19.5. The number of rotatable bonds is 10. The van der Waals surface area contributed by atoms with Gasteiger partial charge in [0, 0.05) is 89.5 Å². The molecule has 0 spiro atoms. The minimum Gasteiger partial charge on any atom is -0.344 e. The second-order valence-corrected chi connectivity index (χ2v) is 24.6. The van der Waals surface area contributed by atoms with E-state index in [2.05, 4.69) is 321 Å². The highest BCUT2D eigenvalue weighted by Gasteiger charge is 2.33. The average Bonchev–Trinajstić information content (AvgIpc) is 1.51. The maximum absolute atomic E-state index is 5.69. The van der Waals surface area contributed by atoms with Crippen LogP contribution in [0, 0.1) is 0 Å². The van der Waals surface area contributed by atoms with Crippen molar-refractivity contribution in [2.24, 2.45) is 20.0 Å². The topological polar surface area (TPSA) is 84.4 Å². The number of benzene rings is 13. The molecule has 2 aliphatic rings. The predicted molar refractivity (Wildman–Crippen MR) is 392 cm³/mol. The van der Waals surface area contributed by atoms with Crippen molar-refractivity contribution in [1.82, 2.24) is 28.5 Å². The third-order valence-corrected chi connectivity index (χ3v) is 19.2. The van der Waals surface area contributed by atoms with Gasteiger partial charge in [-0.2, -0.15) is 0 Å². The summed E-state index contributed by atoms with van der Waals surface area (Å²) in [4.78, 5) is 23.6. The van der Waals surface area contributed by atoms with Crippen molar-refractivity contribution < 1.29 is 0 Å². The third kappa shape index (κ3) is 8.58. The van der Waals surface area contributed by atoms with Gasteiger partial charge in [-0.25, -0.2) is 20.0 Å². The van der Waals surface area contributed by atoms with Crippen LogP contribution in [0.5, 0.6) is 0 Å². The molecule has 19 rings (SSSR count). The summed E-state index contributed by atoms with van der Waals surface area (Å²) in [5.74, 6) is 2.99. The molecule has 0 radical (unpaired) electrons. The minimum atomic E-state index is -0.527. The number of para-hydroxylation sites is 4. The van der Waals surface area contributed by atoms with Gasteiger partial charge in [-0.05, 0) is 71.3 Å². The van der Waals surface area contributed by atoms with Crippen molar-refractivity contribution in [1.29, 1.82) is 0 Å². The Morgan fingerprint density at radius 3 is 1.27 bits per heavy atom. The van der Waals surface area contributed by atoms with Gasteiger partial charge in [0.1, 0.15) is 17.8 Å². The van der Waals surface area contributed by atoms with Gasteiger partial charge in [0.15, 0.2) is 11.7 Å². The molecule has 0 saturated heterocycles. The van der Waals surface area contributed by atoms with Crippen LogP contribution in [0.4, 0.5) is 0 Å². The van der Waals surface area contributed by atoms with E-state index >= 15 is 0 Å². The van der Waals surface area contributed by atoms with Gasteiger partial charge in [-0.15, -0.1) is 0 Å². The van der Waals surface area contributed by atoms with E-state index < -0.39 is 6.29 Å². The summed E-state index contributed by atoms with van der Waals surface area (Å²) in [6, 6.07) is 113. The van der Waals surface area contributed by atoms with Gasteiger partial charge in [0.05, 0.1) is 44.1 Å². The standard InChI is InChI=1S/C85H58N10/c1-91-84(57-32-14-5-15-33-57)89-82(56-30-12-4-13-31-56)90-85(91)95-73-45-23-21-43-65(73)67-47-49-71-70-51-50-69-68-48-46-66-64-42-20-22-44-72(64)92(74(66)75(68)93(61-37-16-6-17-38-61)76(69)77(70)94(78(71)79(67)95)62-39-18-7-19-40-62)63-41-25-35-59(53-63)58-34-24-36-60(52-58)83-87-80(54-26-8-2-9-27-54)86-81(88-83)55-28-10-3-11-29-55/h2-53,80,85H,1H3,(H,86,87,88). The van der Waals surface area contributed by atoms with Crippen molar-refractivity contribution in [2.45, 2.75) is 12.5 Å². The smallest absolute Gasteiger partial charge is 0.206 e. The highest BCUT2D eigenvalue weighted by atomic mass is 15.4. The summed E-state index contributed by atoms with van der Waals surface area (Å²) in [6.07, 6.45) is -0.838. The van der Waals surface area contributed by atoms with Crippen molar-refractivity contribution in [3.05, 3.63) is 343 Å². The molecule has 0 fully saturated rings. The maximum Gasteiger partial charge on any atom is 0.206 e. The first kappa shape index (κ1) is 54.1. The van der Waals surface area contributed by atoms with Gasteiger partial charge in [0.2, 0.25) is 6.29 Å². The lowest BCUT2D eigenvalue weighted by molar-refractivity contribution is 0.297. The number of amidine groups is 4. The van der Waals surface area contributed by atoms with Crippen LogP contribution in [0.15, 0.2) is 335 Å². The van der Waals surface area contributed by atoms with E-state index in [1.54, 1.807) is 0 Å². The lowest BCUT2D eigenvalue weighted by atomic mass is 10.0.